The molecule has 0 N–H and O–H groups in total. The summed E-state index contributed by atoms with van der Waals surface area (Å²) < 4.78 is 4.57. The van der Waals surface area contributed by atoms with Crippen LogP contribution in [0.25, 0.3) is 0 Å². The van der Waals surface area contributed by atoms with E-state index < -0.39 is 0 Å². The molecule has 0 aliphatic rings. The van der Waals surface area contributed by atoms with Crippen molar-refractivity contribution in [2.75, 3.05) is 6.61 Å². The highest BCUT2D eigenvalue weighted by Crippen LogP contribution is 1.87. The van der Waals surface area contributed by atoms with Gasteiger partial charge in [-0.1, -0.05) is 0 Å². The summed E-state index contributed by atoms with van der Waals surface area (Å²) in [6.45, 7) is 5.61. The van der Waals surface area contributed by atoms with E-state index in [0.717, 1.165) is 0 Å². The highest BCUT2D eigenvalue weighted by Gasteiger charge is 1.95. The number of esters is 1. The van der Waals surface area contributed by atoms with Crippen molar-refractivity contribution < 1.29 is 9.53 Å². The maximum atomic E-state index is 10.3. The zero-order valence-corrected chi connectivity index (χ0v) is 5.02. The summed E-state index contributed by atoms with van der Waals surface area (Å²) in [6, 6.07) is 0. The Balaban J connectivity index is 3.06. The third kappa shape index (κ3) is 3.65. The van der Waals surface area contributed by atoms with Crippen LogP contribution in [0, 0.1) is 13.3 Å². The molecule has 0 aliphatic carbocycles. The third-order valence-electron chi connectivity index (χ3n) is 0.616. The van der Waals surface area contributed by atoms with Crippen LogP contribution >= 0.6 is 0 Å². The summed E-state index contributed by atoms with van der Waals surface area (Å²) in [6.07, 6.45) is 1.84. The predicted molar refractivity (Wildman–Crippen MR) is 30.9 cm³/mol. The Kier molecular flexibility index (Phi) is 4.32. The monoisotopic (exact) mass is 114 g/mol. The van der Waals surface area contributed by atoms with E-state index in [1.54, 1.807) is 6.92 Å². The summed E-state index contributed by atoms with van der Waals surface area (Å²) in [4.78, 5) is 10.3. The van der Waals surface area contributed by atoms with Gasteiger partial charge in [-0.15, -0.1) is 0 Å². The van der Waals surface area contributed by atoms with Crippen molar-refractivity contribution in [1.82, 2.24) is 0 Å². The minimum atomic E-state index is -0.206. The Hall–Kier alpha value is -0.530. The fraction of sp³-hybridized carbons (Fsp3) is 0.500. The molecule has 2 nitrogen and oxygen atoms in total. The van der Waals surface area contributed by atoms with Crippen molar-refractivity contribution in [1.29, 1.82) is 0 Å². The minimum absolute atomic E-state index is 0.206. The Bertz CT molecular complexity index is 60.9. The van der Waals surface area contributed by atoms with Gasteiger partial charge in [-0.25, -0.2) is 0 Å². The smallest absolute Gasteiger partial charge is 0.306 e. The maximum Gasteiger partial charge on any atom is 0.306 e. The Labute approximate surface area is 49.8 Å². The molecule has 0 heterocycles. The van der Waals surface area contributed by atoms with Crippen LogP contribution < -0.4 is 0 Å². The summed E-state index contributed by atoms with van der Waals surface area (Å²) in [5.74, 6) is -0.206. The number of ether oxygens (including phenoxy) is 1. The molecule has 0 saturated carbocycles. The van der Waals surface area contributed by atoms with Crippen molar-refractivity contribution in [3.63, 3.8) is 0 Å². The highest BCUT2D eigenvalue weighted by molar-refractivity contribution is 5.70. The number of carbonyl (C=O) groups excluding carboxylic acids is 1. The number of hydrogen-bond acceptors (Lipinski definition) is 2. The fourth-order valence-corrected chi connectivity index (χ4v) is 0.338. The van der Waals surface area contributed by atoms with Gasteiger partial charge in [-0.2, -0.15) is 0 Å². The van der Waals surface area contributed by atoms with Crippen LogP contribution in [0.2, 0.25) is 0 Å². The number of hydrogen-bond donors (Lipinski definition) is 0. The first-order valence-corrected chi connectivity index (χ1v) is 2.57. The van der Waals surface area contributed by atoms with E-state index in [-0.39, 0.29) is 5.97 Å². The molecule has 46 valence electrons. The normalized spacial score (nSPS) is 8.75. The molecular formula is C6H10O2. The summed E-state index contributed by atoms with van der Waals surface area (Å²) >= 11 is 0. The molecule has 2 radical (unpaired) electrons. The van der Waals surface area contributed by atoms with E-state index in [1.165, 1.54) is 6.42 Å². The minimum Gasteiger partial charge on any atom is -0.466 e. The molecule has 0 spiro atoms. The lowest BCUT2D eigenvalue weighted by atomic mass is 10.3. The van der Waals surface area contributed by atoms with Gasteiger partial charge in [0, 0.05) is 6.42 Å². The second-order valence-corrected chi connectivity index (χ2v) is 1.30. The van der Waals surface area contributed by atoms with E-state index in [4.69, 9.17) is 0 Å². The Morgan fingerprint density at radius 3 is 2.88 bits per heavy atom. The van der Waals surface area contributed by atoms with Gasteiger partial charge in [0.15, 0.2) is 0 Å². The lowest BCUT2D eigenvalue weighted by Crippen LogP contribution is -2.02. The van der Waals surface area contributed by atoms with E-state index in [1.807, 2.05) is 0 Å². The molecule has 0 aromatic rings. The fourth-order valence-electron chi connectivity index (χ4n) is 0.338. The van der Waals surface area contributed by atoms with Gasteiger partial charge >= 0.3 is 5.97 Å². The second kappa shape index (κ2) is 4.62. The first-order valence-electron chi connectivity index (χ1n) is 2.57. The second-order valence-electron chi connectivity index (χ2n) is 1.30. The summed E-state index contributed by atoms with van der Waals surface area (Å²) in [7, 11) is 0. The third-order valence-corrected chi connectivity index (χ3v) is 0.616. The van der Waals surface area contributed by atoms with Crippen LogP contribution in [0.4, 0.5) is 0 Å². The highest BCUT2D eigenvalue weighted by atomic mass is 16.5. The predicted octanol–water partition coefficient (Wildman–Crippen LogP) is 0.978. The van der Waals surface area contributed by atoms with Gasteiger partial charge in [-0.3, -0.25) is 4.79 Å². The first kappa shape index (κ1) is 7.47. The Morgan fingerprint density at radius 2 is 2.50 bits per heavy atom. The molecule has 8 heavy (non-hydrogen) atoms. The molecule has 0 aliphatic heterocycles. The summed E-state index contributed by atoms with van der Waals surface area (Å²) in [5.41, 5.74) is 0. The molecule has 0 amide bonds. The average molecular weight is 114 g/mol. The first-order chi connectivity index (χ1) is 3.81. The van der Waals surface area contributed by atoms with Crippen LogP contribution in [0.1, 0.15) is 13.3 Å². The summed E-state index contributed by atoms with van der Waals surface area (Å²) in [5, 5.41) is 0. The molecule has 0 aromatic heterocycles. The largest absolute Gasteiger partial charge is 0.466 e. The van der Waals surface area contributed by atoms with Crippen molar-refractivity contribution in [3.05, 3.63) is 13.3 Å². The van der Waals surface area contributed by atoms with Crippen molar-refractivity contribution in [2.45, 2.75) is 13.3 Å². The van der Waals surface area contributed by atoms with Gasteiger partial charge in [0.25, 0.3) is 0 Å². The van der Waals surface area contributed by atoms with Gasteiger partial charge in [0.05, 0.1) is 6.61 Å². The SMILES string of the molecule is [CH2][CH]CC(=O)OCC. The molecular weight excluding hydrogens is 104 g/mol. The quantitative estimate of drug-likeness (QED) is 0.511. The zero-order valence-electron chi connectivity index (χ0n) is 5.02. The molecule has 0 bridgehead atoms. The van der Waals surface area contributed by atoms with Crippen LogP contribution in [0.15, 0.2) is 0 Å². The van der Waals surface area contributed by atoms with Crippen LogP contribution in [0.5, 0.6) is 0 Å². The molecule has 0 saturated heterocycles. The molecule has 0 atom stereocenters. The van der Waals surface area contributed by atoms with Crippen molar-refractivity contribution in [2.24, 2.45) is 0 Å². The van der Waals surface area contributed by atoms with E-state index in [9.17, 15) is 4.79 Å². The topological polar surface area (TPSA) is 26.3 Å². The van der Waals surface area contributed by atoms with E-state index >= 15 is 0 Å². The van der Waals surface area contributed by atoms with Crippen LogP contribution in [-0.4, -0.2) is 12.6 Å². The van der Waals surface area contributed by atoms with Crippen LogP contribution in [0.3, 0.4) is 0 Å². The van der Waals surface area contributed by atoms with Crippen molar-refractivity contribution in [3.8, 4) is 0 Å². The maximum absolute atomic E-state index is 10.3. The lowest BCUT2D eigenvalue weighted by Gasteiger charge is -1.96. The van der Waals surface area contributed by atoms with Crippen LogP contribution in [-0.2, 0) is 9.53 Å². The van der Waals surface area contributed by atoms with E-state index in [2.05, 4.69) is 11.7 Å². The molecule has 0 fully saturated rings. The molecule has 2 heteroatoms. The van der Waals surface area contributed by atoms with E-state index in [0.29, 0.717) is 13.0 Å². The van der Waals surface area contributed by atoms with Gasteiger partial charge in [0.2, 0.25) is 0 Å². The standard InChI is InChI=1S/C6H10O2/c1-3-5-6(7)8-4-2/h3H,1,4-5H2,2H3. The Morgan fingerprint density at radius 1 is 1.88 bits per heavy atom. The molecule has 0 aromatic carbocycles. The zero-order chi connectivity index (χ0) is 6.41. The average Bonchev–Trinajstić information content (AvgIpc) is 1.68. The van der Waals surface area contributed by atoms with Gasteiger partial charge in [0.1, 0.15) is 0 Å². The number of carbonyl (C=O) groups is 1. The lowest BCUT2D eigenvalue weighted by molar-refractivity contribution is -0.142. The molecule has 0 rings (SSSR count). The van der Waals surface area contributed by atoms with Gasteiger partial charge < -0.3 is 4.74 Å². The van der Waals surface area contributed by atoms with Crippen molar-refractivity contribution >= 4 is 5.97 Å². The number of rotatable bonds is 3. The molecule has 0 unspecified atom stereocenters. The van der Waals surface area contributed by atoms with Gasteiger partial charge in [-0.05, 0) is 20.3 Å².